The molecule has 0 bridgehead atoms. The molecular formula is C14H36NO6PSi3. The van der Waals surface area contributed by atoms with Crippen LogP contribution in [0.4, 0.5) is 0 Å². The highest BCUT2D eigenvalue weighted by Gasteiger charge is 2.39. The number of rotatable bonds is 12. The minimum atomic E-state index is -3.66. The molecule has 0 rings (SSSR count). The zero-order chi connectivity index (χ0) is 19.9. The van der Waals surface area contributed by atoms with Crippen LogP contribution in [0.2, 0.25) is 58.9 Å². The smallest absolute Gasteiger partial charge is 0.407 e. The Morgan fingerprint density at radius 3 is 1.76 bits per heavy atom. The Morgan fingerprint density at radius 1 is 0.920 bits per heavy atom. The summed E-state index contributed by atoms with van der Waals surface area (Å²) in [6, 6.07) is 0. The molecule has 0 saturated heterocycles. The summed E-state index contributed by atoms with van der Waals surface area (Å²) in [5, 5.41) is 3.86. The maximum absolute atomic E-state index is 13.1. The van der Waals surface area contributed by atoms with E-state index in [4.69, 9.17) is 22.2 Å². The van der Waals surface area contributed by atoms with Crippen molar-refractivity contribution < 1.29 is 26.8 Å². The normalized spacial score (nSPS) is 15.6. The highest BCUT2D eigenvalue weighted by atomic mass is 31.2. The van der Waals surface area contributed by atoms with E-state index in [0.717, 1.165) is 0 Å². The standard InChI is InChI=1S/C14H36NO6PSi3/c1-11-17-15-12-14(19-23(2,3)4)13-18-22(16,20-24(5,6)7)21-25(8,9)10/h12,14H,11,13H2,1-10H3/b15-12+. The molecule has 11 heteroatoms. The van der Waals surface area contributed by atoms with Gasteiger partial charge in [-0.2, -0.15) is 0 Å². The van der Waals surface area contributed by atoms with Crippen LogP contribution in [-0.2, 0) is 26.8 Å². The van der Waals surface area contributed by atoms with E-state index in [0.29, 0.717) is 6.61 Å². The Morgan fingerprint density at radius 2 is 1.40 bits per heavy atom. The van der Waals surface area contributed by atoms with E-state index < -0.39 is 38.9 Å². The predicted octanol–water partition coefficient (Wildman–Crippen LogP) is 5.06. The van der Waals surface area contributed by atoms with Crippen molar-refractivity contribution in [1.82, 2.24) is 0 Å². The minimum absolute atomic E-state index is 0.0348. The number of oxime groups is 1. The van der Waals surface area contributed by atoms with Crippen molar-refractivity contribution in [3.05, 3.63) is 0 Å². The summed E-state index contributed by atoms with van der Waals surface area (Å²) in [6.45, 7) is 20.2. The van der Waals surface area contributed by atoms with E-state index in [-0.39, 0.29) is 6.61 Å². The third-order valence-electron chi connectivity index (χ3n) is 2.10. The molecule has 0 fully saturated rings. The van der Waals surface area contributed by atoms with Gasteiger partial charge in [0.1, 0.15) is 12.7 Å². The monoisotopic (exact) mass is 429 g/mol. The molecule has 0 spiro atoms. The van der Waals surface area contributed by atoms with Gasteiger partial charge in [0.05, 0.1) is 12.8 Å². The third kappa shape index (κ3) is 15.0. The van der Waals surface area contributed by atoms with Gasteiger partial charge in [-0.05, 0) is 65.8 Å². The zero-order valence-corrected chi connectivity index (χ0v) is 21.3. The van der Waals surface area contributed by atoms with Gasteiger partial charge < -0.3 is 17.7 Å². The molecule has 0 aromatic carbocycles. The first-order valence-corrected chi connectivity index (χ1v) is 20.2. The van der Waals surface area contributed by atoms with Gasteiger partial charge >= 0.3 is 7.82 Å². The van der Waals surface area contributed by atoms with Gasteiger partial charge in [-0.15, -0.1) is 0 Å². The molecule has 1 atom stereocenters. The predicted molar refractivity (Wildman–Crippen MR) is 111 cm³/mol. The quantitative estimate of drug-likeness (QED) is 0.187. The first kappa shape index (κ1) is 25.2. The van der Waals surface area contributed by atoms with E-state index >= 15 is 0 Å². The van der Waals surface area contributed by atoms with E-state index in [1.807, 2.05) is 46.2 Å². The van der Waals surface area contributed by atoms with Crippen LogP contribution in [-0.4, -0.2) is 50.5 Å². The van der Waals surface area contributed by atoms with Gasteiger partial charge in [0.25, 0.3) is 0 Å². The summed E-state index contributed by atoms with van der Waals surface area (Å²) in [5.74, 6) is 0. The van der Waals surface area contributed by atoms with Crippen molar-refractivity contribution in [3.63, 3.8) is 0 Å². The fourth-order valence-corrected chi connectivity index (χ4v) is 9.29. The van der Waals surface area contributed by atoms with Crippen LogP contribution >= 0.6 is 7.82 Å². The van der Waals surface area contributed by atoms with Crippen molar-refractivity contribution in [1.29, 1.82) is 0 Å². The van der Waals surface area contributed by atoms with Crippen LogP contribution in [0.3, 0.4) is 0 Å². The SMILES string of the molecule is CCO/N=C/C(COP(=O)(O[Si](C)(C)C)O[Si](C)(C)C)O[Si](C)(C)C. The molecule has 1 unspecified atom stereocenters. The Kier molecular flexibility index (Phi) is 10.0. The van der Waals surface area contributed by atoms with Crippen molar-refractivity contribution in [3.8, 4) is 0 Å². The topological polar surface area (TPSA) is 75.6 Å². The van der Waals surface area contributed by atoms with Crippen molar-refractivity contribution in [2.24, 2.45) is 5.16 Å². The first-order valence-electron chi connectivity index (χ1n) is 8.55. The van der Waals surface area contributed by atoms with E-state index in [1.165, 1.54) is 6.21 Å². The van der Waals surface area contributed by atoms with Gasteiger partial charge in [0.15, 0.2) is 25.0 Å². The average molecular weight is 430 g/mol. The van der Waals surface area contributed by atoms with Gasteiger partial charge in [-0.1, -0.05) is 5.16 Å². The highest BCUT2D eigenvalue weighted by Crippen LogP contribution is 2.54. The second-order valence-electron chi connectivity index (χ2n) is 8.59. The first-order chi connectivity index (χ1) is 11.1. The van der Waals surface area contributed by atoms with Gasteiger partial charge in [0.2, 0.25) is 0 Å². The largest absolute Gasteiger partial charge is 0.455 e. The lowest BCUT2D eigenvalue weighted by molar-refractivity contribution is 0.128. The molecule has 0 aromatic rings. The number of hydrogen-bond acceptors (Lipinski definition) is 7. The molecule has 0 radical (unpaired) electrons. The van der Waals surface area contributed by atoms with Crippen LogP contribution in [0.25, 0.3) is 0 Å². The molecule has 25 heavy (non-hydrogen) atoms. The molecular weight excluding hydrogens is 393 g/mol. The lowest BCUT2D eigenvalue weighted by atomic mass is 10.4. The van der Waals surface area contributed by atoms with Crippen molar-refractivity contribution in [2.75, 3.05) is 13.2 Å². The molecule has 0 heterocycles. The van der Waals surface area contributed by atoms with Gasteiger partial charge in [-0.25, -0.2) is 4.57 Å². The Hall–Kier alpha value is 0.191. The summed E-state index contributed by atoms with van der Waals surface area (Å²) < 4.78 is 36.3. The van der Waals surface area contributed by atoms with Crippen LogP contribution < -0.4 is 0 Å². The highest BCUT2D eigenvalue weighted by molar-refractivity contribution is 7.52. The molecule has 0 aromatic heterocycles. The van der Waals surface area contributed by atoms with Crippen LogP contribution in [0.15, 0.2) is 5.16 Å². The fraction of sp³-hybridized carbons (Fsp3) is 0.929. The molecule has 0 aliphatic rings. The van der Waals surface area contributed by atoms with E-state index in [9.17, 15) is 4.57 Å². The summed E-state index contributed by atoms with van der Waals surface area (Å²) in [5.41, 5.74) is 0. The average Bonchev–Trinajstić information content (AvgIpc) is 2.29. The van der Waals surface area contributed by atoms with Crippen molar-refractivity contribution in [2.45, 2.75) is 72.0 Å². The molecule has 0 aliphatic carbocycles. The summed E-state index contributed by atoms with van der Waals surface area (Å²) in [4.78, 5) is 5.00. The van der Waals surface area contributed by atoms with Crippen LogP contribution in [0.5, 0.6) is 0 Å². The molecule has 0 saturated carbocycles. The summed E-state index contributed by atoms with van der Waals surface area (Å²) in [6.07, 6.45) is 1.07. The third-order valence-corrected chi connectivity index (χ3v) is 9.75. The minimum Gasteiger partial charge on any atom is -0.407 e. The van der Waals surface area contributed by atoms with Crippen molar-refractivity contribution >= 4 is 39.0 Å². The van der Waals surface area contributed by atoms with Gasteiger partial charge in [-0.3, -0.25) is 4.52 Å². The van der Waals surface area contributed by atoms with Gasteiger partial charge in [0, 0.05) is 0 Å². The molecule has 0 amide bonds. The molecule has 0 N–H and O–H groups in total. The van der Waals surface area contributed by atoms with E-state index in [1.54, 1.807) is 0 Å². The number of hydrogen-bond donors (Lipinski definition) is 0. The van der Waals surface area contributed by atoms with Crippen LogP contribution in [0.1, 0.15) is 6.92 Å². The second-order valence-corrected chi connectivity index (χ2v) is 24.1. The Balaban J connectivity index is 5.19. The second kappa shape index (κ2) is 9.93. The van der Waals surface area contributed by atoms with E-state index in [2.05, 4.69) is 24.8 Å². The lowest BCUT2D eigenvalue weighted by Gasteiger charge is -2.31. The molecule has 0 aliphatic heterocycles. The Labute approximate surface area is 156 Å². The number of phosphoric acid groups is 1. The summed E-state index contributed by atoms with van der Waals surface area (Å²) in [7, 11) is -9.76. The maximum atomic E-state index is 13.1. The Bertz CT molecular complexity index is 451. The summed E-state index contributed by atoms with van der Waals surface area (Å²) >= 11 is 0. The number of nitrogens with zero attached hydrogens (tertiary/aromatic N) is 1. The maximum Gasteiger partial charge on any atom is 0.455 e. The fourth-order valence-electron chi connectivity index (χ4n) is 1.65. The zero-order valence-electron chi connectivity index (χ0n) is 17.4. The molecule has 7 nitrogen and oxygen atoms in total. The lowest BCUT2D eigenvalue weighted by Crippen LogP contribution is -2.36. The molecule has 150 valence electrons. The van der Waals surface area contributed by atoms with Crippen LogP contribution in [0, 0.1) is 0 Å².